The quantitative estimate of drug-likeness (QED) is 0.896. The van der Waals surface area contributed by atoms with Crippen molar-refractivity contribution in [1.82, 2.24) is 15.5 Å². The van der Waals surface area contributed by atoms with Gasteiger partial charge >= 0.3 is 0 Å². The zero-order chi connectivity index (χ0) is 19.0. The number of amides is 2. The minimum absolute atomic E-state index is 0.0186. The van der Waals surface area contributed by atoms with Crippen LogP contribution in [-0.2, 0) is 15.1 Å². The van der Waals surface area contributed by atoms with Gasteiger partial charge in [0.05, 0.1) is 5.92 Å². The first-order valence-electron chi connectivity index (χ1n) is 9.47. The molecule has 2 amide bonds. The van der Waals surface area contributed by atoms with E-state index in [1.807, 2.05) is 31.2 Å². The summed E-state index contributed by atoms with van der Waals surface area (Å²) in [6, 6.07) is 7.80. The summed E-state index contributed by atoms with van der Waals surface area (Å²) in [5, 5.41) is 7.22. The van der Waals surface area contributed by atoms with Crippen LogP contribution in [0.4, 0.5) is 5.69 Å². The lowest BCUT2D eigenvalue weighted by Crippen LogP contribution is -2.47. The molecule has 1 aliphatic carbocycles. The van der Waals surface area contributed by atoms with E-state index in [-0.39, 0.29) is 24.2 Å². The van der Waals surface area contributed by atoms with E-state index in [1.54, 1.807) is 11.8 Å². The molecule has 1 saturated carbocycles. The highest BCUT2D eigenvalue weighted by Gasteiger charge is 2.44. The lowest BCUT2D eigenvalue weighted by molar-refractivity contribution is -0.128. The molecule has 2 aromatic rings. The molecule has 1 N–H and O–H groups in total. The van der Waals surface area contributed by atoms with E-state index in [2.05, 4.69) is 15.5 Å². The number of carbonyl (C=O) groups excluding carboxylic acids is 2. The van der Waals surface area contributed by atoms with Gasteiger partial charge < -0.3 is 14.7 Å². The Labute approximate surface area is 158 Å². The van der Waals surface area contributed by atoms with Crippen molar-refractivity contribution in [2.75, 3.05) is 11.4 Å². The molecule has 1 aliphatic heterocycles. The zero-order valence-corrected chi connectivity index (χ0v) is 15.7. The van der Waals surface area contributed by atoms with Crippen molar-refractivity contribution in [3.05, 3.63) is 41.5 Å². The number of aromatic nitrogens is 2. The second-order valence-corrected chi connectivity index (χ2v) is 7.66. The maximum absolute atomic E-state index is 13.0. The summed E-state index contributed by atoms with van der Waals surface area (Å²) in [6.45, 7) is 4.15. The van der Waals surface area contributed by atoms with Crippen LogP contribution >= 0.6 is 0 Å². The number of hydrogen-bond donors (Lipinski definition) is 1. The van der Waals surface area contributed by atoms with Crippen molar-refractivity contribution in [1.29, 1.82) is 0 Å². The van der Waals surface area contributed by atoms with Crippen LogP contribution in [0, 0.1) is 19.8 Å². The van der Waals surface area contributed by atoms with Gasteiger partial charge in [-0.2, -0.15) is 4.98 Å². The van der Waals surface area contributed by atoms with Crippen molar-refractivity contribution in [3.8, 4) is 0 Å². The van der Waals surface area contributed by atoms with Crippen molar-refractivity contribution in [2.45, 2.75) is 51.5 Å². The molecule has 2 heterocycles. The van der Waals surface area contributed by atoms with Crippen LogP contribution in [0.15, 0.2) is 28.8 Å². The Morgan fingerprint density at radius 2 is 1.93 bits per heavy atom. The van der Waals surface area contributed by atoms with Crippen LogP contribution in [0.2, 0.25) is 0 Å². The van der Waals surface area contributed by atoms with Gasteiger partial charge in [0.15, 0.2) is 5.82 Å². The lowest BCUT2D eigenvalue weighted by atomic mass is 9.94. The largest absolute Gasteiger partial charge is 0.343 e. The Bertz CT molecular complexity index is 852. The van der Waals surface area contributed by atoms with Gasteiger partial charge in [-0.05, 0) is 31.9 Å². The molecular formula is C20H24N4O3. The average molecular weight is 368 g/mol. The first-order chi connectivity index (χ1) is 13.0. The van der Waals surface area contributed by atoms with Crippen LogP contribution in [0.3, 0.4) is 0 Å². The highest BCUT2D eigenvalue weighted by molar-refractivity contribution is 6.00. The molecule has 4 rings (SSSR count). The molecular weight excluding hydrogens is 344 g/mol. The Hall–Kier alpha value is -2.70. The number of nitrogens with one attached hydrogen (secondary N) is 1. The summed E-state index contributed by atoms with van der Waals surface area (Å²) in [7, 11) is 0. The highest BCUT2D eigenvalue weighted by atomic mass is 16.5. The number of nitrogens with zero attached hydrogens (tertiary/aromatic N) is 3. The van der Waals surface area contributed by atoms with Crippen molar-refractivity contribution in [2.24, 2.45) is 5.92 Å². The van der Waals surface area contributed by atoms with E-state index in [0.717, 1.165) is 36.9 Å². The van der Waals surface area contributed by atoms with Gasteiger partial charge in [-0.1, -0.05) is 35.7 Å². The molecule has 0 spiro atoms. The Morgan fingerprint density at radius 1 is 1.22 bits per heavy atom. The first kappa shape index (κ1) is 17.7. The molecule has 0 bridgehead atoms. The lowest BCUT2D eigenvalue weighted by Gasteiger charge is -2.28. The second kappa shape index (κ2) is 6.79. The van der Waals surface area contributed by atoms with Gasteiger partial charge in [0.1, 0.15) is 5.54 Å². The fourth-order valence-corrected chi connectivity index (χ4v) is 4.07. The zero-order valence-electron chi connectivity index (χ0n) is 15.7. The van der Waals surface area contributed by atoms with E-state index in [0.29, 0.717) is 18.3 Å². The summed E-state index contributed by atoms with van der Waals surface area (Å²) in [4.78, 5) is 31.5. The number of rotatable bonds is 4. The fourth-order valence-electron chi connectivity index (χ4n) is 4.07. The molecule has 1 atom stereocenters. The average Bonchev–Trinajstić information content (AvgIpc) is 3.36. The summed E-state index contributed by atoms with van der Waals surface area (Å²) in [5.74, 6) is 0.541. The van der Waals surface area contributed by atoms with Crippen molar-refractivity contribution >= 4 is 17.5 Å². The van der Waals surface area contributed by atoms with Crippen LogP contribution in [0.5, 0.6) is 0 Å². The van der Waals surface area contributed by atoms with Gasteiger partial charge in [0, 0.05) is 25.6 Å². The molecule has 2 fully saturated rings. The molecule has 1 aromatic heterocycles. The minimum atomic E-state index is -0.574. The number of benzene rings is 1. The van der Waals surface area contributed by atoms with E-state index >= 15 is 0 Å². The fraction of sp³-hybridized carbons (Fsp3) is 0.500. The van der Waals surface area contributed by atoms with E-state index in [1.165, 1.54) is 0 Å². The predicted octanol–water partition coefficient (Wildman–Crippen LogP) is 2.63. The van der Waals surface area contributed by atoms with Crippen molar-refractivity contribution < 1.29 is 14.1 Å². The second-order valence-electron chi connectivity index (χ2n) is 7.66. The number of aryl methyl sites for hydroxylation is 2. The SMILES string of the molecule is Cc1ccc(N2CC(C(=O)NC3(c4noc(C)n4)CCCC3)CC2=O)cc1. The topological polar surface area (TPSA) is 88.3 Å². The monoisotopic (exact) mass is 368 g/mol. The van der Waals surface area contributed by atoms with E-state index in [4.69, 9.17) is 4.52 Å². The van der Waals surface area contributed by atoms with Crippen LogP contribution < -0.4 is 10.2 Å². The third-order valence-corrected chi connectivity index (χ3v) is 5.62. The van der Waals surface area contributed by atoms with Crippen LogP contribution in [0.25, 0.3) is 0 Å². The Balaban J connectivity index is 1.49. The first-order valence-corrected chi connectivity index (χ1v) is 9.47. The molecule has 7 nitrogen and oxygen atoms in total. The van der Waals surface area contributed by atoms with Crippen LogP contribution in [0.1, 0.15) is 49.4 Å². The third kappa shape index (κ3) is 3.34. The van der Waals surface area contributed by atoms with Gasteiger partial charge in [0.2, 0.25) is 17.7 Å². The Morgan fingerprint density at radius 3 is 2.56 bits per heavy atom. The predicted molar refractivity (Wildman–Crippen MR) is 99.0 cm³/mol. The van der Waals surface area contributed by atoms with E-state index < -0.39 is 5.54 Å². The molecule has 2 aliphatic rings. The van der Waals surface area contributed by atoms with Crippen molar-refractivity contribution in [3.63, 3.8) is 0 Å². The van der Waals surface area contributed by atoms with E-state index in [9.17, 15) is 9.59 Å². The molecule has 7 heteroatoms. The summed E-state index contributed by atoms with van der Waals surface area (Å²) in [6.07, 6.45) is 3.82. The maximum Gasteiger partial charge on any atom is 0.227 e. The minimum Gasteiger partial charge on any atom is -0.343 e. The molecule has 142 valence electrons. The third-order valence-electron chi connectivity index (χ3n) is 5.62. The molecule has 1 saturated heterocycles. The number of anilines is 1. The summed E-state index contributed by atoms with van der Waals surface area (Å²) < 4.78 is 5.14. The molecule has 1 unspecified atom stereocenters. The van der Waals surface area contributed by atoms with Gasteiger partial charge in [0.25, 0.3) is 0 Å². The summed E-state index contributed by atoms with van der Waals surface area (Å²) >= 11 is 0. The highest BCUT2D eigenvalue weighted by Crippen LogP contribution is 2.38. The standard InChI is InChI=1S/C20H24N4O3/c1-13-5-7-16(8-6-13)24-12-15(11-17(24)25)18(26)22-20(9-3-4-10-20)19-21-14(2)27-23-19/h5-8,15H,3-4,9-12H2,1-2H3,(H,22,26). The normalized spacial score (nSPS) is 21.6. The summed E-state index contributed by atoms with van der Waals surface area (Å²) in [5.41, 5.74) is 1.40. The maximum atomic E-state index is 13.0. The van der Waals surface area contributed by atoms with Gasteiger partial charge in [-0.25, -0.2) is 0 Å². The van der Waals surface area contributed by atoms with Gasteiger partial charge in [-0.15, -0.1) is 0 Å². The molecule has 0 radical (unpaired) electrons. The Kier molecular flexibility index (Phi) is 4.45. The number of carbonyl (C=O) groups is 2. The molecule has 1 aromatic carbocycles. The van der Waals surface area contributed by atoms with Crippen LogP contribution in [-0.4, -0.2) is 28.5 Å². The number of hydrogen-bond acceptors (Lipinski definition) is 5. The smallest absolute Gasteiger partial charge is 0.227 e. The molecule has 27 heavy (non-hydrogen) atoms. The van der Waals surface area contributed by atoms with Gasteiger partial charge in [-0.3, -0.25) is 9.59 Å².